The molecule has 6 aliphatic rings. The van der Waals surface area contributed by atoms with Crippen LogP contribution >= 0.6 is 0 Å². The number of aliphatic hydroxyl groups is 11. The van der Waals surface area contributed by atoms with Gasteiger partial charge in [-0.1, -0.05) is 39.3 Å². The van der Waals surface area contributed by atoms with Crippen molar-refractivity contribution < 1.29 is 75.1 Å². The summed E-state index contributed by atoms with van der Waals surface area (Å²) in [6.45, 7) is 9.55. The zero-order chi connectivity index (χ0) is 41.9. The lowest BCUT2D eigenvalue weighted by Gasteiger charge is -2.72. The van der Waals surface area contributed by atoms with Crippen molar-refractivity contribution in [3.05, 3.63) is 11.6 Å². The monoisotopic (exact) mass is 816 g/mol. The Morgan fingerprint density at radius 2 is 1.28 bits per heavy atom. The topological polar surface area (TPSA) is 259 Å². The molecule has 6 fully saturated rings. The van der Waals surface area contributed by atoms with Crippen LogP contribution in [-0.4, -0.2) is 163 Å². The summed E-state index contributed by atoms with van der Waals surface area (Å²) in [5.41, 5.74) is -1.31. The molecule has 0 bridgehead atoms. The molecule has 6 rings (SSSR count). The second-order valence-corrected chi connectivity index (χ2v) is 19.8. The Morgan fingerprint density at radius 3 is 1.88 bits per heavy atom. The molecule has 57 heavy (non-hydrogen) atoms. The van der Waals surface area contributed by atoms with Crippen molar-refractivity contribution >= 4 is 0 Å². The van der Waals surface area contributed by atoms with Crippen molar-refractivity contribution in [2.45, 2.75) is 172 Å². The van der Waals surface area contributed by atoms with E-state index in [0.717, 1.165) is 44.1 Å². The molecule has 0 aromatic rings. The van der Waals surface area contributed by atoms with E-state index in [2.05, 4.69) is 20.8 Å². The smallest absolute Gasteiger partial charge is 0.186 e. The molecule has 0 radical (unpaired) electrons. The lowest BCUT2D eigenvalue weighted by molar-refractivity contribution is -0.346. The molecule has 0 aromatic carbocycles. The minimum Gasteiger partial charge on any atom is -0.396 e. The van der Waals surface area contributed by atoms with E-state index in [-0.39, 0.29) is 53.8 Å². The number of fused-ring (bicyclic) bond motifs is 5. The van der Waals surface area contributed by atoms with E-state index in [4.69, 9.17) is 18.9 Å². The second kappa shape index (κ2) is 17.1. The van der Waals surface area contributed by atoms with E-state index in [1.165, 1.54) is 0 Å². The Labute approximate surface area is 336 Å². The lowest BCUT2D eigenvalue weighted by Crippen LogP contribution is -2.69. The van der Waals surface area contributed by atoms with Gasteiger partial charge in [0.25, 0.3) is 0 Å². The average molecular weight is 817 g/mol. The first-order chi connectivity index (χ1) is 26.8. The van der Waals surface area contributed by atoms with Gasteiger partial charge in [-0.15, -0.1) is 0 Å². The number of rotatable bonds is 12. The molecular formula is C42H72O15. The highest BCUT2D eigenvalue weighted by molar-refractivity contribution is 5.19. The number of hydrogen-bond acceptors (Lipinski definition) is 15. The fraction of sp³-hybridized carbons (Fsp3) is 0.952. The highest BCUT2D eigenvalue weighted by atomic mass is 16.7. The van der Waals surface area contributed by atoms with Crippen LogP contribution in [0.4, 0.5) is 0 Å². The molecule has 2 saturated heterocycles. The Balaban J connectivity index is 1.30. The second-order valence-electron chi connectivity index (χ2n) is 19.8. The minimum absolute atomic E-state index is 0.0190. The highest BCUT2D eigenvalue weighted by Crippen LogP contribution is 2.75. The maximum atomic E-state index is 12.2. The summed E-state index contributed by atoms with van der Waals surface area (Å²) in [5, 5.41) is 116. The molecule has 20 atom stereocenters. The van der Waals surface area contributed by atoms with Gasteiger partial charge in [-0.25, -0.2) is 0 Å². The van der Waals surface area contributed by atoms with Gasteiger partial charge in [0.05, 0.1) is 45.2 Å². The van der Waals surface area contributed by atoms with Gasteiger partial charge in [0.1, 0.15) is 48.8 Å². The Bertz CT molecular complexity index is 1400. The summed E-state index contributed by atoms with van der Waals surface area (Å²) in [6.07, 6.45) is -6.78. The quantitative estimate of drug-likeness (QED) is 0.0922. The van der Waals surface area contributed by atoms with Gasteiger partial charge in [0.15, 0.2) is 12.6 Å². The molecule has 2 aliphatic heterocycles. The van der Waals surface area contributed by atoms with Gasteiger partial charge in [-0.2, -0.15) is 0 Å². The van der Waals surface area contributed by atoms with Crippen LogP contribution in [0.3, 0.4) is 0 Å². The number of hydrogen-bond donors (Lipinski definition) is 11. The van der Waals surface area contributed by atoms with Gasteiger partial charge in [0.2, 0.25) is 0 Å². The van der Waals surface area contributed by atoms with E-state index in [9.17, 15) is 56.2 Å². The number of allylic oxidation sites excluding steroid dienone is 1. The Hall–Kier alpha value is -0.860. The summed E-state index contributed by atoms with van der Waals surface area (Å²) in [7, 11) is 0. The first-order valence-corrected chi connectivity index (χ1v) is 21.3. The Kier molecular flexibility index (Phi) is 13.7. The first kappa shape index (κ1) is 45.7. The van der Waals surface area contributed by atoms with Crippen LogP contribution < -0.4 is 0 Å². The predicted octanol–water partition coefficient (Wildman–Crippen LogP) is 0.0954. The molecule has 0 aromatic heterocycles. The maximum absolute atomic E-state index is 12.2. The summed E-state index contributed by atoms with van der Waals surface area (Å²) >= 11 is 0. The van der Waals surface area contributed by atoms with Crippen molar-refractivity contribution in [3.8, 4) is 0 Å². The van der Waals surface area contributed by atoms with E-state index < -0.39 is 97.7 Å². The molecule has 330 valence electrons. The molecule has 15 nitrogen and oxygen atoms in total. The van der Waals surface area contributed by atoms with Gasteiger partial charge in [-0.05, 0) is 105 Å². The zero-order valence-corrected chi connectivity index (χ0v) is 34.4. The van der Waals surface area contributed by atoms with E-state index in [1.807, 2.05) is 19.9 Å². The SMILES string of the molecule is C/C(=C\CC[C@@]1(CO)CC[C@]2(C)[C@H](CC[C@@H]3[C@@]4(C)CC[C@H](O[C@@H]5O[C@H](CO)[C@@H](O)[C@H](O)[C@H]5O)[C@@](C)(CO[C@@H]5O[C@H](CO)[C@@H](O)[C@H](O)[C@H]5O)[C@@H]4CC[C@]32C)[C@H]1O)CO. The maximum Gasteiger partial charge on any atom is 0.186 e. The van der Waals surface area contributed by atoms with Crippen molar-refractivity contribution in [3.63, 3.8) is 0 Å². The molecule has 15 heteroatoms. The number of ether oxygens (including phenoxy) is 4. The van der Waals surface area contributed by atoms with Gasteiger partial charge >= 0.3 is 0 Å². The molecule has 4 saturated carbocycles. The minimum atomic E-state index is -1.63. The molecule has 0 unspecified atom stereocenters. The van der Waals surface area contributed by atoms with Crippen LogP contribution in [0, 0.1) is 44.8 Å². The average Bonchev–Trinajstić information content (AvgIpc) is 3.19. The van der Waals surface area contributed by atoms with Crippen LogP contribution in [0.25, 0.3) is 0 Å². The fourth-order valence-corrected chi connectivity index (χ4v) is 13.2. The molecule has 0 spiro atoms. The van der Waals surface area contributed by atoms with E-state index in [1.54, 1.807) is 0 Å². The van der Waals surface area contributed by atoms with Crippen LogP contribution in [0.1, 0.15) is 98.8 Å². The van der Waals surface area contributed by atoms with Gasteiger partial charge in [-0.3, -0.25) is 0 Å². The first-order valence-electron chi connectivity index (χ1n) is 21.3. The predicted molar refractivity (Wildman–Crippen MR) is 204 cm³/mol. The highest BCUT2D eigenvalue weighted by Gasteiger charge is 2.70. The molecule has 2 heterocycles. The molecule has 4 aliphatic carbocycles. The zero-order valence-electron chi connectivity index (χ0n) is 34.4. The fourth-order valence-electron chi connectivity index (χ4n) is 13.2. The van der Waals surface area contributed by atoms with Crippen molar-refractivity contribution in [1.82, 2.24) is 0 Å². The molecular weight excluding hydrogens is 744 g/mol. The third-order valence-electron chi connectivity index (χ3n) is 17.1. The van der Waals surface area contributed by atoms with Gasteiger partial charge in [0, 0.05) is 10.8 Å². The standard InChI is InChI=1S/C42H72O15/c1-22(17-43)7-6-12-42(20-46)16-15-40(4)23(35(42)53)8-9-27-38(2)13-11-28(57-37-34(52)32(50)30(48)25(19-45)56-37)39(3,26(38)10-14-41(27,40)5)21-54-36-33(51)31(49)29(47)24(18-44)55-36/h7,23-37,43-53H,6,8-21H2,1-5H3/b22-7+/t23-,24-,25-,26-,27-,28+,29-,30-,31+,32+,33-,34-,35-,36-,37+,38+,39+,40-,41-,42+/m1/s1. The summed E-state index contributed by atoms with van der Waals surface area (Å²) in [5.74, 6) is 0.131. The third kappa shape index (κ3) is 7.49. The largest absolute Gasteiger partial charge is 0.396 e. The normalized spacial score (nSPS) is 53.1. The van der Waals surface area contributed by atoms with Crippen LogP contribution in [0.2, 0.25) is 0 Å². The lowest BCUT2D eigenvalue weighted by atomic mass is 9.33. The van der Waals surface area contributed by atoms with Crippen molar-refractivity contribution in [2.75, 3.05) is 33.0 Å². The summed E-state index contributed by atoms with van der Waals surface area (Å²) in [6, 6.07) is 0. The van der Waals surface area contributed by atoms with Crippen LogP contribution in [0.15, 0.2) is 11.6 Å². The Morgan fingerprint density at radius 1 is 0.667 bits per heavy atom. The van der Waals surface area contributed by atoms with Crippen LogP contribution in [-0.2, 0) is 18.9 Å². The van der Waals surface area contributed by atoms with Crippen molar-refractivity contribution in [1.29, 1.82) is 0 Å². The number of aliphatic hydroxyl groups excluding tert-OH is 11. The molecule has 0 amide bonds. The van der Waals surface area contributed by atoms with Crippen LogP contribution in [0.5, 0.6) is 0 Å². The molecule has 11 N–H and O–H groups in total. The van der Waals surface area contributed by atoms with Crippen molar-refractivity contribution in [2.24, 2.45) is 44.8 Å². The van der Waals surface area contributed by atoms with E-state index in [0.29, 0.717) is 25.7 Å². The van der Waals surface area contributed by atoms with Gasteiger partial charge < -0.3 is 75.1 Å². The third-order valence-corrected chi connectivity index (χ3v) is 17.1. The summed E-state index contributed by atoms with van der Waals surface area (Å²) in [4.78, 5) is 0. The van der Waals surface area contributed by atoms with E-state index >= 15 is 0 Å². The summed E-state index contributed by atoms with van der Waals surface area (Å²) < 4.78 is 24.5.